The van der Waals surface area contributed by atoms with Gasteiger partial charge in [0.15, 0.2) is 5.65 Å². The number of hydrogen-bond acceptors (Lipinski definition) is 4. The first-order chi connectivity index (χ1) is 12.1. The Balaban J connectivity index is 2.17. The standard InChI is InChI=1S/C20H31N5O/c1-12(2)16-11-15(19(26)24-9-7-14(21)8-10-24)17-13(3)23-25(18(17)22-16)20(4,5)6/h11-12,14H,7-10,21H2,1-6H3. The predicted molar refractivity (Wildman–Crippen MR) is 104 cm³/mol. The zero-order chi connectivity index (χ0) is 19.2. The number of carbonyl (C=O) groups excluding carboxylic acids is 1. The van der Waals surface area contributed by atoms with E-state index in [4.69, 9.17) is 15.8 Å². The molecule has 3 rings (SSSR count). The number of carbonyl (C=O) groups is 1. The lowest BCUT2D eigenvalue weighted by molar-refractivity contribution is 0.0716. The molecule has 2 aromatic heterocycles. The summed E-state index contributed by atoms with van der Waals surface area (Å²) in [6.07, 6.45) is 1.72. The van der Waals surface area contributed by atoms with Gasteiger partial charge in [0.25, 0.3) is 5.91 Å². The summed E-state index contributed by atoms with van der Waals surface area (Å²) < 4.78 is 1.95. The van der Waals surface area contributed by atoms with Crippen LogP contribution in [0.5, 0.6) is 0 Å². The minimum atomic E-state index is -0.201. The first kappa shape index (κ1) is 18.8. The molecule has 6 heteroatoms. The first-order valence-corrected chi connectivity index (χ1v) is 9.55. The van der Waals surface area contributed by atoms with E-state index < -0.39 is 0 Å². The molecule has 2 N–H and O–H groups in total. The molecular formula is C20H31N5O. The topological polar surface area (TPSA) is 77.0 Å². The van der Waals surface area contributed by atoms with Crippen molar-refractivity contribution >= 4 is 16.9 Å². The molecule has 0 spiro atoms. The maximum absolute atomic E-state index is 13.3. The predicted octanol–water partition coefficient (Wildman–Crippen LogP) is 3.18. The third-order valence-corrected chi connectivity index (χ3v) is 5.12. The normalized spacial score (nSPS) is 16.7. The number of nitrogens with zero attached hydrogens (tertiary/aromatic N) is 4. The van der Waals surface area contributed by atoms with E-state index in [1.165, 1.54) is 0 Å². The van der Waals surface area contributed by atoms with Gasteiger partial charge in [-0.25, -0.2) is 9.67 Å². The smallest absolute Gasteiger partial charge is 0.254 e. The Kier molecular flexibility index (Phi) is 4.82. The van der Waals surface area contributed by atoms with Gasteiger partial charge in [-0.1, -0.05) is 13.8 Å². The highest BCUT2D eigenvalue weighted by molar-refractivity contribution is 6.06. The lowest BCUT2D eigenvalue weighted by atomic mass is 10.0. The number of rotatable bonds is 2. The summed E-state index contributed by atoms with van der Waals surface area (Å²) in [6.45, 7) is 13.9. The van der Waals surface area contributed by atoms with Gasteiger partial charge in [0.2, 0.25) is 0 Å². The molecule has 0 saturated carbocycles. The van der Waals surface area contributed by atoms with E-state index in [2.05, 4.69) is 34.6 Å². The molecule has 0 aromatic carbocycles. The lowest BCUT2D eigenvalue weighted by Crippen LogP contribution is -2.43. The van der Waals surface area contributed by atoms with Crippen LogP contribution in [0.1, 0.15) is 75.1 Å². The molecule has 142 valence electrons. The first-order valence-electron chi connectivity index (χ1n) is 9.55. The van der Waals surface area contributed by atoms with Crippen LogP contribution in [0.4, 0.5) is 0 Å². The average molecular weight is 358 g/mol. The van der Waals surface area contributed by atoms with Crippen molar-refractivity contribution < 1.29 is 4.79 Å². The van der Waals surface area contributed by atoms with Crippen LogP contribution in [0.3, 0.4) is 0 Å². The van der Waals surface area contributed by atoms with Gasteiger partial charge in [-0.05, 0) is 52.5 Å². The van der Waals surface area contributed by atoms with Crippen LogP contribution in [0.15, 0.2) is 6.07 Å². The Morgan fingerprint density at radius 2 is 1.88 bits per heavy atom. The van der Waals surface area contributed by atoms with E-state index in [0.717, 1.165) is 40.8 Å². The number of hydrogen-bond donors (Lipinski definition) is 1. The fraction of sp³-hybridized carbons (Fsp3) is 0.650. The highest BCUT2D eigenvalue weighted by Crippen LogP contribution is 2.30. The molecule has 0 aliphatic carbocycles. The van der Waals surface area contributed by atoms with E-state index in [1.54, 1.807) is 0 Å². The Morgan fingerprint density at radius 1 is 1.27 bits per heavy atom. The number of aromatic nitrogens is 3. The van der Waals surface area contributed by atoms with Crippen LogP contribution in [0, 0.1) is 6.92 Å². The molecule has 1 amide bonds. The lowest BCUT2D eigenvalue weighted by Gasteiger charge is -2.30. The number of nitrogens with two attached hydrogens (primary N) is 1. The van der Waals surface area contributed by atoms with Crippen LogP contribution in [-0.2, 0) is 5.54 Å². The van der Waals surface area contributed by atoms with Gasteiger partial charge in [-0.3, -0.25) is 4.79 Å². The summed E-state index contributed by atoms with van der Waals surface area (Å²) in [5, 5.41) is 5.60. The summed E-state index contributed by atoms with van der Waals surface area (Å²) in [5.41, 5.74) is 9.12. The SMILES string of the molecule is Cc1nn(C(C)(C)C)c2nc(C(C)C)cc(C(=O)N3CCC(N)CC3)c12. The molecule has 0 atom stereocenters. The van der Waals surface area contributed by atoms with Crippen LogP contribution < -0.4 is 5.73 Å². The molecule has 0 bridgehead atoms. The van der Waals surface area contributed by atoms with Crippen molar-refractivity contribution in [2.45, 2.75) is 71.9 Å². The fourth-order valence-electron chi connectivity index (χ4n) is 3.51. The van der Waals surface area contributed by atoms with Crippen molar-refractivity contribution in [1.29, 1.82) is 0 Å². The molecule has 26 heavy (non-hydrogen) atoms. The highest BCUT2D eigenvalue weighted by atomic mass is 16.2. The Morgan fingerprint density at radius 3 is 2.42 bits per heavy atom. The summed E-state index contributed by atoms with van der Waals surface area (Å²) in [4.78, 5) is 20.1. The second kappa shape index (κ2) is 6.65. The molecule has 1 aliphatic rings. The number of piperidine rings is 1. The van der Waals surface area contributed by atoms with E-state index in [9.17, 15) is 4.79 Å². The maximum Gasteiger partial charge on any atom is 0.254 e. The van der Waals surface area contributed by atoms with Crippen molar-refractivity contribution in [1.82, 2.24) is 19.7 Å². The maximum atomic E-state index is 13.3. The molecule has 1 saturated heterocycles. The third kappa shape index (κ3) is 3.34. The van der Waals surface area contributed by atoms with Gasteiger partial charge >= 0.3 is 0 Å². The van der Waals surface area contributed by atoms with Gasteiger partial charge < -0.3 is 10.6 Å². The van der Waals surface area contributed by atoms with E-state index in [1.807, 2.05) is 22.6 Å². The summed E-state index contributed by atoms with van der Waals surface area (Å²) in [5.74, 6) is 0.312. The Labute approximate surface area is 155 Å². The van der Waals surface area contributed by atoms with Crippen molar-refractivity contribution in [2.24, 2.45) is 5.73 Å². The zero-order valence-corrected chi connectivity index (χ0v) is 16.8. The van der Waals surface area contributed by atoms with Gasteiger partial charge in [0.1, 0.15) is 0 Å². The summed E-state index contributed by atoms with van der Waals surface area (Å²) >= 11 is 0. The second-order valence-electron chi connectivity index (χ2n) is 8.75. The molecule has 1 aliphatic heterocycles. The highest BCUT2D eigenvalue weighted by Gasteiger charge is 2.28. The fourth-order valence-corrected chi connectivity index (χ4v) is 3.51. The molecular weight excluding hydrogens is 326 g/mol. The van der Waals surface area contributed by atoms with Crippen molar-refractivity contribution in [2.75, 3.05) is 13.1 Å². The summed E-state index contributed by atoms with van der Waals surface area (Å²) in [6, 6.07) is 2.17. The van der Waals surface area contributed by atoms with Crippen LogP contribution in [-0.4, -0.2) is 44.7 Å². The molecule has 0 radical (unpaired) electrons. The average Bonchev–Trinajstić information content (AvgIpc) is 2.91. The largest absolute Gasteiger partial charge is 0.339 e. The van der Waals surface area contributed by atoms with Gasteiger partial charge in [0, 0.05) is 24.8 Å². The molecule has 6 nitrogen and oxygen atoms in total. The number of fused-ring (bicyclic) bond motifs is 1. The molecule has 3 heterocycles. The number of pyridine rings is 1. The van der Waals surface area contributed by atoms with Crippen molar-refractivity contribution in [3.63, 3.8) is 0 Å². The third-order valence-electron chi connectivity index (χ3n) is 5.12. The quantitative estimate of drug-likeness (QED) is 0.895. The molecule has 1 fully saturated rings. The minimum absolute atomic E-state index is 0.0720. The summed E-state index contributed by atoms with van der Waals surface area (Å²) in [7, 11) is 0. The number of likely N-dealkylation sites (tertiary alicyclic amines) is 1. The Hall–Kier alpha value is -1.95. The van der Waals surface area contributed by atoms with Gasteiger partial charge in [-0.2, -0.15) is 5.10 Å². The van der Waals surface area contributed by atoms with Crippen molar-refractivity contribution in [3.05, 3.63) is 23.0 Å². The minimum Gasteiger partial charge on any atom is -0.339 e. The van der Waals surface area contributed by atoms with E-state index >= 15 is 0 Å². The second-order valence-corrected chi connectivity index (χ2v) is 8.75. The monoisotopic (exact) mass is 357 g/mol. The van der Waals surface area contributed by atoms with Crippen LogP contribution in [0.25, 0.3) is 11.0 Å². The van der Waals surface area contributed by atoms with Gasteiger partial charge in [-0.15, -0.1) is 0 Å². The Bertz CT molecular complexity index is 823. The zero-order valence-electron chi connectivity index (χ0n) is 16.8. The van der Waals surface area contributed by atoms with Crippen LogP contribution in [0.2, 0.25) is 0 Å². The van der Waals surface area contributed by atoms with Crippen molar-refractivity contribution in [3.8, 4) is 0 Å². The van der Waals surface area contributed by atoms with Gasteiger partial charge in [0.05, 0.1) is 22.2 Å². The van der Waals surface area contributed by atoms with E-state index in [0.29, 0.717) is 13.1 Å². The van der Waals surface area contributed by atoms with Crippen LogP contribution >= 0.6 is 0 Å². The van der Waals surface area contributed by atoms with E-state index in [-0.39, 0.29) is 23.4 Å². The number of aryl methyl sites for hydroxylation is 1. The molecule has 2 aromatic rings. The molecule has 0 unspecified atom stereocenters. The number of amides is 1.